The molecular weight excluding hydrogens is 577 g/mol. The lowest BCUT2D eigenvalue weighted by molar-refractivity contribution is 0.0526. The Morgan fingerprint density at radius 3 is 2.20 bits per heavy atom. The highest BCUT2D eigenvalue weighted by molar-refractivity contribution is 5.93. The Bertz CT molecular complexity index is 1680. The quantitative estimate of drug-likeness (QED) is 0.194. The molecule has 0 aliphatic rings. The summed E-state index contributed by atoms with van der Waals surface area (Å²) in [6.07, 6.45) is 3.63. The average Bonchev–Trinajstić information content (AvgIpc) is 2.97. The number of hydrogen-bond acceptors (Lipinski definition) is 7. The molecule has 4 aromatic rings. The summed E-state index contributed by atoms with van der Waals surface area (Å²) in [6.45, 7) is 6.21. The summed E-state index contributed by atoms with van der Waals surface area (Å²) in [7, 11) is 0. The van der Waals surface area contributed by atoms with E-state index in [1.165, 1.54) is 24.5 Å². The smallest absolute Gasteiger partial charge is 0.407 e. The molecule has 0 atom stereocenters. The average molecular weight is 609 g/mol. The largest absolute Gasteiger partial charge is 0.444 e. The first-order chi connectivity index (χ1) is 20.9. The van der Waals surface area contributed by atoms with Crippen LogP contribution in [-0.4, -0.2) is 50.4 Å². The summed E-state index contributed by atoms with van der Waals surface area (Å²) < 4.78 is 47.1. The number of carbonyl (C=O) groups excluding carboxylic acids is 2. The summed E-state index contributed by atoms with van der Waals surface area (Å²) in [6, 6.07) is 11.1. The number of carbonyl (C=O) groups is 2. The minimum atomic E-state index is -1.59. The second kappa shape index (κ2) is 13.9. The Morgan fingerprint density at radius 2 is 1.55 bits per heavy atom. The van der Waals surface area contributed by atoms with Gasteiger partial charge < -0.3 is 15.4 Å². The van der Waals surface area contributed by atoms with Gasteiger partial charge in [-0.15, -0.1) is 0 Å². The lowest BCUT2D eigenvalue weighted by Crippen LogP contribution is -2.33. The predicted octanol–water partition coefficient (Wildman–Crippen LogP) is 4.87. The summed E-state index contributed by atoms with van der Waals surface area (Å²) in [5, 5.41) is 9.65. The van der Waals surface area contributed by atoms with Crippen LogP contribution in [0.2, 0.25) is 0 Å². The Labute approximate surface area is 251 Å². The maximum absolute atomic E-state index is 13.7. The highest BCUT2D eigenvalue weighted by Gasteiger charge is 2.16. The topological polar surface area (TPSA) is 128 Å². The maximum atomic E-state index is 13.7. The van der Waals surface area contributed by atoms with Crippen LogP contribution in [0.4, 0.5) is 18.0 Å². The van der Waals surface area contributed by atoms with Crippen molar-refractivity contribution in [2.75, 3.05) is 13.1 Å². The van der Waals surface area contributed by atoms with Crippen molar-refractivity contribution >= 4 is 12.0 Å². The minimum absolute atomic E-state index is 0.0170. The van der Waals surface area contributed by atoms with E-state index in [1.807, 2.05) is 0 Å². The molecule has 2 aromatic carbocycles. The molecule has 0 fully saturated rings. The van der Waals surface area contributed by atoms with Crippen LogP contribution in [0.5, 0.6) is 0 Å². The van der Waals surface area contributed by atoms with Gasteiger partial charge in [0.25, 0.3) is 11.5 Å². The van der Waals surface area contributed by atoms with E-state index in [0.29, 0.717) is 42.9 Å². The van der Waals surface area contributed by atoms with Crippen LogP contribution in [0.1, 0.15) is 49.5 Å². The summed E-state index contributed by atoms with van der Waals surface area (Å²) in [5.74, 6) is -4.29. The molecule has 0 aliphatic heterocycles. The SMILES string of the molecule is CC(C)(C)OC(=O)NCCCCNC(=O)c1cnc(-c2cccc(Cn3nc(-c4cc(F)c(F)c(F)c4)ccc3=O)c2)nc1. The van der Waals surface area contributed by atoms with E-state index in [2.05, 4.69) is 25.7 Å². The minimum Gasteiger partial charge on any atom is -0.444 e. The molecule has 2 aromatic heterocycles. The molecule has 2 heterocycles. The van der Waals surface area contributed by atoms with Crippen molar-refractivity contribution in [3.05, 3.63) is 99.9 Å². The van der Waals surface area contributed by atoms with Gasteiger partial charge in [-0.2, -0.15) is 5.10 Å². The molecule has 230 valence electrons. The first-order valence-electron chi connectivity index (χ1n) is 13.8. The van der Waals surface area contributed by atoms with Crippen LogP contribution >= 0.6 is 0 Å². The fourth-order valence-corrected chi connectivity index (χ4v) is 4.05. The number of rotatable bonds is 10. The van der Waals surface area contributed by atoms with E-state index in [9.17, 15) is 27.6 Å². The van der Waals surface area contributed by atoms with Crippen molar-refractivity contribution in [3.63, 3.8) is 0 Å². The Hall–Kier alpha value is -5.07. The number of nitrogens with zero attached hydrogens (tertiary/aromatic N) is 4. The van der Waals surface area contributed by atoms with Gasteiger partial charge in [0.2, 0.25) is 0 Å². The molecular formula is C31H31F3N6O4. The van der Waals surface area contributed by atoms with Gasteiger partial charge in [0.15, 0.2) is 23.3 Å². The lowest BCUT2D eigenvalue weighted by atomic mass is 10.1. The van der Waals surface area contributed by atoms with E-state index < -0.39 is 34.7 Å². The van der Waals surface area contributed by atoms with Crippen LogP contribution in [0.15, 0.2) is 65.7 Å². The predicted molar refractivity (Wildman–Crippen MR) is 156 cm³/mol. The van der Waals surface area contributed by atoms with Gasteiger partial charge in [0.1, 0.15) is 5.60 Å². The third-order valence-electron chi connectivity index (χ3n) is 6.14. The molecule has 0 saturated heterocycles. The number of hydrogen-bond donors (Lipinski definition) is 2. The number of unbranched alkanes of at least 4 members (excludes halogenated alkanes) is 1. The van der Waals surface area contributed by atoms with Gasteiger partial charge in [-0.3, -0.25) is 9.59 Å². The number of alkyl carbamates (subject to hydrolysis) is 1. The number of ether oxygens (including phenoxy) is 1. The molecule has 13 heteroatoms. The maximum Gasteiger partial charge on any atom is 0.407 e. The Balaban J connectivity index is 1.34. The molecule has 0 spiro atoms. The molecule has 2 N–H and O–H groups in total. The first-order valence-corrected chi connectivity index (χ1v) is 13.8. The zero-order chi connectivity index (χ0) is 31.9. The molecule has 0 saturated carbocycles. The number of amides is 2. The van der Waals surface area contributed by atoms with Gasteiger partial charge in [0, 0.05) is 42.7 Å². The van der Waals surface area contributed by atoms with Crippen LogP contribution < -0.4 is 16.2 Å². The lowest BCUT2D eigenvalue weighted by Gasteiger charge is -2.19. The van der Waals surface area contributed by atoms with Crippen LogP contribution in [0.3, 0.4) is 0 Å². The monoisotopic (exact) mass is 608 g/mol. The van der Waals surface area contributed by atoms with Crippen molar-refractivity contribution < 1.29 is 27.5 Å². The Morgan fingerprint density at radius 1 is 0.886 bits per heavy atom. The van der Waals surface area contributed by atoms with Gasteiger partial charge in [-0.05, 0) is 63.4 Å². The van der Waals surface area contributed by atoms with Gasteiger partial charge in [0.05, 0.1) is 17.8 Å². The second-order valence-corrected chi connectivity index (χ2v) is 10.9. The highest BCUT2D eigenvalue weighted by atomic mass is 19.2. The van der Waals surface area contributed by atoms with Crippen molar-refractivity contribution in [1.29, 1.82) is 0 Å². The van der Waals surface area contributed by atoms with E-state index in [0.717, 1.165) is 16.8 Å². The normalized spacial score (nSPS) is 11.2. The van der Waals surface area contributed by atoms with E-state index in [1.54, 1.807) is 45.0 Å². The second-order valence-electron chi connectivity index (χ2n) is 10.9. The van der Waals surface area contributed by atoms with Crippen molar-refractivity contribution in [3.8, 4) is 22.6 Å². The molecule has 10 nitrogen and oxygen atoms in total. The van der Waals surface area contributed by atoms with Crippen LogP contribution in [0.25, 0.3) is 22.6 Å². The zero-order valence-electron chi connectivity index (χ0n) is 24.4. The molecule has 44 heavy (non-hydrogen) atoms. The standard InChI is InChI=1S/C31H31F3N6O4/c1-31(2,3)44-30(43)36-12-5-4-11-35-29(42)22-16-37-28(38-17-22)20-8-6-7-19(13-20)18-40-26(41)10-9-25(39-40)21-14-23(32)27(34)24(33)15-21/h6-10,13-17H,4-5,11-12,18H2,1-3H3,(H,35,42)(H,36,43). The highest BCUT2D eigenvalue weighted by Crippen LogP contribution is 2.22. The third kappa shape index (κ3) is 8.72. The van der Waals surface area contributed by atoms with E-state index in [4.69, 9.17) is 4.74 Å². The number of halogens is 3. The third-order valence-corrected chi connectivity index (χ3v) is 6.14. The fourth-order valence-electron chi connectivity index (χ4n) is 4.05. The van der Waals surface area contributed by atoms with Crippen LogP contribution in [-0.2, 0) is 11.3 Å². The number of aromatic nitrogens is 4. The Kier molecular flexibility index (Phi) is 10.1. The zero-order valence-corrected chi connectivity index (χ0v) is 24.4. The summed E-state index contributed by atoms with van der Waals surface area (Å²) in [4.78, 5) is 45.2. The molecule has 0 bridgehead atoms. The van der Waals surface area contributed by atoms with Gasteiger partial charge in [-0.25, -0.2) is 32.6 Å². The molecule has 4 rings (SSSR count). The van der Waals surface area contributed by atoms with Crippen molar-refractivity contribution in [2.24, 2.45) is 0 Å². The van der Waals surface area contributed by atoms with Crippen LogP contribution in [0, 0.1) is 17.5 Å². The van der Waals surface area contributed by atoms with Gasteiger partial charge >= 0.3 is 6.09 Å². The molecule has 2 amide bonds. The summed E-state index contributed by atoms with van der Waals surface area (Å²) >= 11 is 0. The van der Waals surface area contributed by atoms with Gasteiger partial charge in [-0.1, -0.05) is 18.2 Å². The van der Waals surface area contributed by atoms with Crippen molar-refractivity contribution in [1.82, 2.24) is 30.4 Å². The number of benzene rings is 2. The van der Waals surface area contributed by atoms with E-state index >= 15 is 0 Å². The summed E-state index contributed by atoms with van der Waals surface area (Å²) in [5.41, 5.74) is 0.622. The van der Waals surface area contributed by atoms with Crippen molar-refractivity contribution in [2.45, 2.75) is 45.8 Å². The number of nitrogens with one attached hydrogen (secondary N) is 2. The van der Waals surface area contributed by atoms with E-state index in [-0.39, 0.29) is 29.3 Å². The molecule has 0 aliphatic carbocycles. The molecule has 0 unspecified atom stereocenters. The first kappa shape index (κ1) is 31.9. The molecule has 0 radical (unpaired) electrons. The fraction of sp³-hybridized carbons (Fsp3) is 0.290.